The van der Waals surface area contributed by atoms with E-state index in [1.54, 1.807) is 7.11 Å². The van der Waals surface area contributed by atoms with E-state index in [2.05, 4.69) is 25.3 Å². The molecule has 0 spiro atoms. The average molecular weight is 297 g/mol. The fraction of sp³-hybridized carbons (Fsp3) is 0.750. The number of morpholine rings is 1. The Morgan fingerprint density at radius 2 is 2.10 bits per heavy atom. The predicted octanol–water partition coefficient (Wildman–Crippen LogP) is -0.533. The molecule has 2 rings (SSSR count). The summed E-state index contributed by atoms with van der Waals surface area (Å²) in [5.74, 6) is 7.04. The van der Waals surface area contributed by atoms with Gasteiger partial charge in [-0.15, -0.1) is 0 Å². The molecule has 1 aromatic heterocycles. The molecule has 0 amide bonds. The molecule has 2 heterocycles. The highest BCUT2D eigenvalue weighted by Gasteiger charge is 2.18. The summed E-state index contributed by atoms with van der Waals surface area (Å²) in [5, 5.41) is 0. The number of nitrogens with two attached hydrogens (primary N) is 1. The van der Waals surface area contributed by atoms with Crippen LogP contribution < -0.4 is 21.1 Å². The molecule has 0 aliphatic carbocycles. The van der Waals surface area contributed by atoms with Gasteiger partial charge < -0.3 is 19.3 Å². The number of anilines is 3. The van der Waals surface area contributed by atoms with E-state index in [-0.39, 0.29) is 0 Å². The number of hydrogen-bond donors (Lipinski definition) is 2. The van der Waals surface area contributed by atoms with Gasteiger partial charge in [-0.25, -0.2) is 5.84 Å². The maximum atomic E-state index is 5.47. The smallest absolute Gasteiger partial charge is 0.243 e. The first-order valence-corrected chi connectivity index (χ1v) is 7.07. The summed E-state index contributed by atoms with van der Waals surface area (Å²) in [6, 6.07) is 0. The Kier molecular flexibility index (Phi) is 5.90. The second kappa shape index (κ2) is 7.91. The zero-order valence-corrected chi connectivity index (χ0v) is 12.6. The lowest BCUT2D eigenvalue weighted by Crippen LogP contribution is -2.38. The van der Waals surface area contributed by atoms with Gasteiger partial charge in [-0.2, -0.15) is 15.0 Å². The van der Waals surface area contributed by atoms with Crippen molar-refractivity contribution in [2.75, 3.05) is 68.3 Å². The highest BCUT2D eigenvalue weighted by atomic mass is 16.5. The quantitative estimate of drug-likeness (QED) is 0.507. The Morgan fingerprint density at radius 1 is 1.33 bits per heavy atom. The highest BCUT2D eigenvalue weighted by molar-refractivity contribution is 5.45. The van der Waals surface area contributed by atoms with Crippen LogP contribution >= 0.6 is 0 Å². The third kappa shape index (κ3) is 4.13. The number of hydrazine groups is 1. The van der Waals surface area contributed by atoms with Gasteiger partial charge in [0.05, 0.1) is 19.8 Å². The zero-order chi connectivity index (χ0) is 15.1. The Balaban J connectivity index is 2.23. The maximum absolute atomic E-state index is 5.47. The molecule has 118 valence electrons. The molecule has 1 fully saturated rings. The van der Waals surface area contributed by atoms with Crippen LogP contribution in [0.15, 0.2) is 0 Å². The van der Waals surface area contributed by atoms with Crippen molar-refractivity contribution in [1.82, 2.24) is 15.0 Å². The van der Waals surface area contributed by atoms with Crippen LogP contribution in [0, 0.1) is 0 Å². The van der Waals surface area contributed by atoms with E-state index < -0.39 is 0 Å². The molecule has 9 nitrogen and oxygen atoms in total. The molecule has 1 aliphatic heterocycles. The number of nitrogens with one attached hydrogen (secondary N) is 1. The molecule has 21 heavy (non-hydrogen) atoms. The molecule has 0 atom stereocenters. The number of ether oxygens (including phenoxy) is 2. The molecule has 9 heteroatoms. The molecule has 1 aliphatic rings. The summed E-state index contributed by atoms with van der Waals surface area (Å²) < 4.78 is 10.5. The van der Waals surface area contributed by atoms with E-state index >= 15 is 0 Å². The standard InChI is InChI=1S/C12H23N7O2/c1-3-18(4-7-20-2)11-14-10(17-13)15-12(16-11)19-5-8-21-9-6-19/h3-9,13H2,1-2H3,(H,14,15,16,17). The van der Waals surface area contributed by atoms with Crippen LogP contribution in [0.1, 0.15) is 6.92 Å². The molecule has 0 aromatic carbocycles. The summed E-state index contributed by atoms with van der Waals surface area (Å²) in [6.45, 7) is 7.02. The van der Waals surface area contributed by atoms with Gasteiger partial charge in [-0.1, -0.05) is 0 Å². The number of methoxy groups -OCH3 is 1. The fourth-order valence-corrected chi connectivity index (χ4v) is 2.07. The lowest BCUT2D eigenvalue weighted by atomic mass is 10.4. The van der Waals surface area contributed by atoms with Crippen molar-refractivity contribution in [1.29, 1.82) is 0 Å². The van der Waals surface area contributed by atoms with E-state index in [0.29, 0.717) is 44.2 Å². The number of aromatic nitrogens is 3. The topological polar surface area (TPSA) is 102 Å². The van der Waals surface area contributed by atoms with Gasteiger partial charge in [0.1, 0.15) is 0 Å². The second-order valence-electron chi connectivity index (χ2n) is 4.58. The maximum Gasteiger partial charge on any atom is 0.243 e. The first-order chi connectivity index (χ1) is 10.3. The highest BCUT2D eigenvalue weighted by Crippen LogP contribution is 2.17. The van der Waals surface area contributed by atoms with Gasteiger partial charge in [0.25, 0.3) is 0 Å². The predicted molar refractivity (Wildman–Crippen MR) is 80.4 cm³/mol. The molecule has 1 saturated heterocycles. The zero-order valence-electron chi connectivity index (χ0n) is 12.6. The first kappa shape index (κ1) is 15.7. The summed E-state index contributed by atoms with van der Waals surface area (Å²) >= 11 is 0. The Hall–Kier alpha value is -1.71. The van der Waals surface area contributed by atoms with Gasteiger partial charge >= 0.3 is 0 Å². The van der Waals surface area contributed by atoms with Gasteiger partial charge in [-0.3, -0.25) is 5.43 Å². The van der Waals surface area contributed by atoms with Gasteiger partial charge in [-0.05, 0) is 6.92 Å². The third-order valence-electron chi connectivity index (χ3n) is 3.26. The van der Waals surface area contributed by atoms with E-state index in [0.717, 1.165) is 19.6 Å². The van der Waals surface area contributed by atoms with E-state index in [1.807, 2.05) is 11.8 Å². The molecule has 0 unspecified atom stereocenters. The summed E-state index contributed by atoms with van der Waals surface area (Å²) in [7, 11) is 1.67. The lowest BCUT2D eigenvalue weighted by molar-refractivity contribution is 0.122. The van der Waals surface area contributed by atoms with Crippen LogP contribution in [0.5, 0.6) is 0 Å². The fourth-order valence-electron chi connectivity index (χ4n) is 2.07. The van der Waals surface area contributed by atoms with Crippen molar-refractivity contribution in [2.24, 2.45) is 5.84 Å². The molecule has 0 saturated carbocycles. The van der Waals surface area contributed by atoms with Crippen molar-refractivity contribution in [3.05, 3.63) is 0 Å². The van der Waals surface area contributed by atoms with Crippen molar-refractivity contribution >= 4 is 17.8 Å². The van der Waals surface area contributed by atoms with Gasteiger partial charge in [0.2, 0.25) is 17.8 Å². The Morgan fingerprint density at radius 3 is 2.71 bits per heavy atom. The minimum absolute atomic E-state index is 0.359. The lowest BCUT2D eigenvalue weighted by Gasteiger charge is -2.28. The molecule has 0 bridgehead atoms. The van der Waals surface area contributed by atoms with E-state index in [1.165, 1.54) is 0 Å². The number of likely N-dealkylation sites (N-methyl/N-ethyl adjacent to an activating group) is 1. The number of hydrogen-bond acceptors (Lipinski definition) is 9. The number of rotatable bonds is 7. The minimum Gasteiger partial charge on any atom is -0.383 e. The van der Waals surface area contributed by atoms with Crippen LogP contribution in [0.3, 0.4) is 0 Å². The summed E-state index contributed by atoms with van der Waals surface area (Å²) in [4.78, 5) is 17.3. The monoisotopic (exact) mass is 297 g/mol. The molecule has 1 aromatic rings. The molecule has 3 N–H and O–H groups in total. The first-order valence-electron chi connectivity index (χ1n) is 7.07. The van der Waals surface area contributed by atoms with Crippen molar-refractivity contribution in [3.8, 4) is 0 Å². The average Bonchev–Trinajstić information content (AvgIpc) is 2.56. The van der Waals surface area contributed by atoms with Crippen molar-refractivity contribution < 1.29 is 9.47 Å². The Bertz CT molecular complexity index is 440. The van der Waals surface area contributed by atoms with Crippen LogP contribution in [-0.2, 0) is 9.47 Å². The SMILES string of the molecule is CCN(CCOC)c1nc(NN)nc(N2CCOCC2)n1. The van der Waals surface area contributed by atoms with E-state index in [9.17, 15) is 0 Å². The molecule has 0 radical (unpaired) electrons. The number of nitrogen functional groups attached to an aromatic ring is 1. The molecular formula is C12H23N7O2. The van der Waals surface area contributed by atoms with Crippen molar-refractivity contribution in [2.45, 2.75) is 6.92 Å². The summed E-state index contributed by atoms with van der Waals surface area (Å²) in [5.41, 5.74) is 2.50. The largest absolute Gasteiger partial charge is 0.383 e. The molecular weight excluding hydrogens is 274 g/mol. The van der Waals surface area contributed by atoms with E-state index in [4.69, 9.17) is 15.3 Å². The van der Waals surface area contributed by atoms with Gasteiger partial charge in [0, 0.05) is 33.3 Å². The van der Waals surface area contributed by atoms with Gasteiger partial charge in [0.15, 0.2) is 0 Å². The second-order valence-corrected chi connectivity index (χ2v) is 4.58. The van der Waals surface area contributed by atoms with Crippen LogP contribution in [0.2, 0.25) is 0 Å². The van der Waals surface area contributed by atoms with Crippen LogP contribution in [0.4, 0.5) is 17.8 Å². The summed E-state index contributed by atoms with van der Waals surface area (Å²) in [6.07, 6.45) is 0. The van der Waals surface area contributed by atoms with Crippen LogP contribution in [-0.4, -0.2) is 68.1 Å². The van der Waals surface area contributed by atoms with Crippen molar-refractivity contribution in [3.63, 3.8) is 0 Å². The Labute approximate surface area is 124 Å². The van der Waals surface area contributed by atoms with Crippen LogP contribution in [0.25, 0.3) is 0 Å². The third-order valence-corrected chi connectivity index (χ3v) is 3.26. The number of nitrogens with zero attached hydrogens (tertiary/aromatic N) is 5. The minimum atomic E-state index is 0.359. The normalized spacial score (nSPS) is 15.1.